The van der Waals surface area contributed by atoms with Gasteiger partial charge in [-0.3, -0.25) is 19.4 Å². The smallest absolute Gasteiger partial charge is 0.295 e. The summed E-state index contributed by atoms with van der Waals surface area (Å²) in [6.07, 6.45) is 6.56. The second-order valence-electron chi connectivity index (χ2n) is 8.72. The molecule has 0 atom stereocenters. The standard InChI is InChI=1S/C25H21N5O3S/c31-21(18-14-28-19-17(6-9-26-20(18)19)22-27-10-13-34-22)24(33)29-11-12-30(25(15-29)7-8-25)23(32)16-4-2-1-3-5-16/h1-6,9-10,13-14,28H,7-8,11-12,15H2. The molecular formula is C25H21N5O3S. The van der Waals surface area contributed by atoms with Crippen LogP contribution in [0.25, 0.3) is 21.6 Å². The molecule has 170 valence electrons. The number of amides is 2. The van der Waals surface area contributed by atoms with Crippen molar-refractivity contribution in [3.63, 3.8) is 0 Å². The minimum Gasteiger partial charge on any atom is -0.359 e. The summed E-state index contributed by atoms with van der Waals surface area (Å²) in [7, 11) is 0. The van der Waals surface area contributed by atoms with Crippen molar-refractivity contribution in [1.29, 1.82) is 0 Å². The molecule has 8 nitrogen and oxygen atoms in total. The lowest BCUT2D eigenvalue weighted by Gasteiger charge is -2.42. The van der Waals surface area contributed by atoms with Crippen LogP contribution in [0.15, 0.2) is 60.4 Å². The second-order valence-corrected chi connectivity index (χ2v) is 9.62. The van der Waals surface area contributed by atoms with Crippen molar-refractivity contribution >= 4 is 40.0 Å². The van der Waals surface area contributed by atoms with Gasteiger partial charge in [0.15, 0.2) is 0 Å². The molecule has 4 heterocycles. The van der Waals surface area contributed by atoms with Crippen molar-refractivity contribution in [2.45, 2.75) is 18.4 Å². The van der Waals surface area contributed by atoms with Crippen LogP contribution >= 0.6 is 11.3 Å². The van der Waals surface area contributed by atoms with Gasteiger partial charge in [0.05, 0.1) is 22.1 Å². The SMILES string of the molecule is O=C(C(=O)N1CCN(C(=O)c2ccccc2)C2(CC2)C1)c1c[nH]c2c(-c3nccs3)ccnc12. The second kappa shape index (κ2) is 7.88. The maximum absolute atomic E-state index is 13.2. The molecule has 1 spiro atoms. The van der Waals surface area contributed by atoms with E-state index in [0.29, 0.717) is 36.2 Å². The summed E-state index contributed by atoms with van der Waals surface area (Å²) in [5.74, 6) is -1.17. The maximum Gasteiger partial charge on any atom is 0.295 e. The van der Waals surface area contributed by atoms with E-state index < -0.39 is 11.7 Å². The van der Waals surface area contributed by atoms with Crippen molar-refractivity contribution in [2.24, 2.45) is 0 Å². The summed E-state index contributed by atoms with van der Waals surface area (Å²) in [5, 5.41) is 2.70. The van der Waals surface area contributed by atoms with Gasteiger partial charge in [0.1, 0.15) is 5.01 Å². The van der Waals surface area contributed by atoms with E-state index in [1.807, 2.05) is 46.7 Å². The summed E-state index contributed by atoms with van der Waals surface area (Å²) in [4.78, 5) is 54.8. The molecular weight excluding hydrogens is 450 g/mol. The zero-order chi connectivity index (χ0) is 23.3. The number of rotatable bonds is 4. The first-order valence-electron chi connectivity index (χ1n) is 11.1. The normalized spacial score (nSPS) is 16.7. The summed E-state index contributed by atoms with van der Waals surface area (Å²) in [6, 6.07) is 11.0. The number of carbonyl (C=O) groups excluding carboxylic acids is 3. The van der Waals surface area contributed by atoms with Gasteiger partial charge in [0.2, 0.25) is 0 Å². The molecule has 4 aromatic rings. The Kier molecular flexibility index (Phi) is 4.80. The van der Waals surface area contributed by atoms with Crippen LogP contribution in [0, 0.1) is 0 Å². The van der Waals surface area contributed by atoms with E-state index in [-0.39, 0.29) is 17.0 Å². The molecule has 0 radical (unpaired) electrons. The predicted octanol–water partition coefficient (Wildman–Crippen LogP) is 3.39. The van der Waals surface area contributed by atoms with Crippen LogP contribution in [-0.4, -0.2) is 67.5 Å². The first-order chi connectivity index (χ1) is 16.6. The number of H-pyrrole nitrogens is 1. The molecule has 1 aliphatic heterocycles. The van der Waals surface area contributed by atoms with Crippen LogP contribution in [-0.2, 0) is 4.79 Å². The number of hydrogen-bond acceptors (Lipinski definition) is 6. The lowest BCUT2D eigenvalue weighted by atomic mass is 10.1. The first-order valence-corrected chi connectivity index (χ1v) is 12.0. The molecule has 1 saturated carbocycles. The van der Waals surface area contributed by atoms with E-state index in [0.717, 1.165) is 23.4 Å². The monoisotopic (exact) mass is 471 g/mol. The van der Waals surface area contributed by atoms with Gasteiger partial charge in [-0.1, -0.05) is 18.2 Å². The van der Waals surface area contributed by atoms with Crippen LogP contribution in [0.5, 0.6) is 0 Å². The molecule has 2 fully saturated rings. The van der Waals surface area contributed by atoms with Crippen LogP contribution in [0.1, 0.15) is 33.6 Å². The summed E-state index contributed by atoms with van der Waals surface area (Å²) < 4.78 is 0. The van der Waals surface area contributed by atoms with Crippen molar-refractivity contribution < 1.29 is 14.4 Å². The fraction of sp³-hybridized carbons (Fsp3) is 0.240. The van der Waals surface area contributed by atoms with Crippen LogP contribution in [0.2, 0.25) is 0 Å². The number of nitrogens with zero attached hydrogens (tertiary/aromatic N) is 4. The zero-order valence-electron chi connectivity index (χ0n) is 18.2. The molecule has 1 aliphatic carbocycles. The van der Waals surface area contributed by atoms with E-state index in [2.05, 4.69) is 15.0 Å². The lowest BCUT2D eigenvalue weighted by Crippen LogP contribution is -2.59. The predicted molar refractivity (Wildman–Crippen MR) is 128 cm³/mol. The Hall–Kier alpha value is -3.85. The number of aromatic amines is 1. The quantitative estimate of drug-likeness (QED) is 0.363. The van der Waals surface area contributed by atoms with Gasteiger partial charge in [-0.2, -0.15) is 0 Å². The number of ketones is 1. The average Bonchev–Trinajstić information content (AvgIpc) is 3.28. The number of carbonyl (C=O) groups is 3. The fourth-order valence-corrected chi connectivity index (χ4v) is 5.44. The van der Waals surface area contributed by atoms with Gasteiger partial charge >= 0.3 is 0 Å². The number of fused-ring (bicyclic) bond motifs is 1. The number of hydrogen-bond donors (Lipinski definition) is 1. The number of benzene rings is 1. The molecule has 3 aromatic heterocycles. The average molecular weight is 472 g/mol. The number of thiazole rings is 1. The number of Topliss-reactive ketones (excluding diaryl/α,β-unsaturated/α-hetero) is 1. The summed E-state index contributed by atoms with van der Waals surface area (Å²) in [6.45, 7) is 1.11. The number of nitrogens with one attached hydrogen (secondary N) is 1. The Morgan fingerprint density at radius 1 is 1.00 bits per heavy atom. The van der Waals surface area contributed by atoms with Crippen LogP contribution in [0.4, 0.5) is 0 Å². The van der Waals surface area contributed by atoms with Gasteiger partial charge in [0, 0.05) is 54.7 Å². The number of pyridine rings is 1. The lowest BCUT2D eigenvalue weighted by molar-refractivity contribution is -0.129. The first kappa shape index (κ1) is 20.7. The van der Waals surface area contributed by atoms with Crippen molar-refractivity contribution in [3.05, 3.63) is 71.5 Å². The van der Waals surface area contributed by atoms with E-state index >= 15 is 0 Å². The fourth-order valence-electron chi connectivity index (χ4n) is 4.77. The van der Waals surface area contributed by atoms with Gasteiger partial charge < -0.3 is 14.8 Å². The molecule has 1 aromatic carbocycles. The molecule has 6 rings (SSSR count). The molecule has 34 heavy (non-hydrogen) atoms. The Bertz CT molecular complexity index is 1410. The molecule has 0 bridgehead atoms. The van der Waals surface area contributed by atoms with E-state index in [4.69, 9.17) is 0 Å². The summed E-state index contributed by atoms with van der Waals surface area (Å²) in [5.41, 5.74) is 2.51. The minimum atomic E-state index is -0.589. The molecule has 9 heteroatoms. The maximum atomic E-state index is 13.2. The molecule has 0 unspecified atom stereocenters. The van der Waals surface area contributed by atoms with Crippen molar-refractivity contribution in [1.82, 2.24) is 24.8 Å². The van der Waals surface area contributed by atoms with E-state index in [1.54, 1.807) is 23.5 Å². The van der Waals surface area contributed by atoms with Gasteiger partial charge in [-0.05, 0) is 31.0 Å². The molecule has 2 aliphatic rings. The van der Waals surface area contributed by atoms with Crippen LogP contribution in [0.3, 0.4) is 0 Å². The largest absolute Gasteiger partial charge is 0.359 e. The van der Waals surface area contributed by atoms with Crippen LogP contribution < -0.4 is 0 Å². The molecule has 2 amide bonds. The third kappa shape index (κ3) is 3.31. The highest BCUT2D eigenvalue weighted by atomic mass is 32.1. The zero-order valence-corrected chi connectivity index (χ0v) is 19.0. The Morgan fingerprint density at radius 3 is 2.56 bits per heavy atom. The van der Waals surface area contributed by atoms with Crippen molar-refractivity contribution in [3.8, 4) is 10.6 Å². The van der Waals surface area contributed by atoms with E-state index in [9.17, 15) is 14.4 Å². The Labute approximate surface area is 199 Å². The van der Waals surface area contributed by atoms with Gasteiger partial charge in [-0.15, -0.1) is 11.3 Å². The number of aromatic nitrogens is 3. The Morgan fingerprint density at radius 2 is 1.82 bits per heavy atom. The highest BCUT2D eigenvalue weighted by Gasteiger charge is 2.54. The highest BCUT2D eigenvalue weighted by Crippen LogP contribution is 2.45. The highest BCUT2D eigenvalue weighted by molar-refractivity contribution is 7.13. The molecule has 1 saturated heterocycles. The van der Waals surface area contributed by atoms with E-state index in [1.165, 1.54) is 11.3 Å². The minimum absolute atomic E-state index is 0.0212. The third-order valence-corrected chi connectivity index (χ3v) is 7.51. The number of piperazine rings is 1. The van der Waals surface area contributed by atoms with Gasteiger partial charge in [-0.25, -0.2) is 4.98 Å². The van der Waals surface area contributed by atoms with Crippen molar-refractivity contribution in [2.75, 3.05) is 19.6 Å². The molecule has 1 N–H and O–H groups in total. The topological polar surface area (TPSA) is 99.3 Å². The third-order valence-electron chi connectivity index (χ3n) is 6.70. The van der Waals surface area contributed by atoms with Gasteiger partial charge in [0.25, 0.3) is 17.6 Å². The summed E-state index contributed by atoms with van der Waals surface area (Å²) >= 11 is 1.49. The Balaban J connectivity index is 1.23.